The van der Waals surface area contributed by atoms with Gasteiger partial charge >= 0.3 is 15.6 Å². The lowest BCUT2D eigenvalue weighted by Crippen LogP contribution is -2.28. The molecule has 122 valence electrons. The Morgan fingerprint density at radius 2 is 1.77 bits per heavy atom. The second kappa shape index (κ2) is 5.01. The highest BCUT2D eigenvalue weighted by atomic mass is 32.2. The summed E-state index contributed by atoms with van der Waals surface area (Å²) in [4.78, 5) is 0. The van der Waals surface area contributed by atoms with Crippen LogP contribution < -0.4 is 4.18 Å². The summed E-state index contributed by atoms with van der Waals surface area (Å²) in [6.45, 7) is 7.43. The molecule has 1 aromatic rings. The van der Waals surface area contributed by atoms with E-state index in [0.717, 1.165) is 17.6 Å². The molecule has 0 heterocycles. The number of hydrogen-bond acceptors (Lipinski definition) is 3. The van der Waals surface area contributed by atoms with Crippen molar-refractivity contribution in [3.05, 3.63) is 34.9 Å². The average molecular weight is 334 g/mol. The van der Waals surface area contributed by atoms with E-state index in [0.29, 0.717) is 11.1 Å². The molecule has 1 aliphatic rings. The summed E-state index contributed by atoms with van der Waals surface area (Å²) in [7, 11) is -5.67. The van der Waals surface area contributed by atoms with Crippen molar-refractivity contribution in [2.24, 2.45) is 0 Å². The van der Waals surface area contributed by atoms with E-state index in [-0.39, 0.29) is 11.2 Å². The van der Waals surface area contributed by atoms with Crippen LogP contribution in [0.3, 0.4) is 0 Å². The maximum Gasteiger partial charge on any atom is 0.534 e. The molecule has 0 atom stereocenters. The number of hydrogen-bond donors (Lipinski definition) is 0. The Balaban J connectivity index is 2.55. The second-order valence-corrected chi connectivity index (χ2v) is 7.66. The highest BCUT2D eigenvalue weighted by molar-refractivity contribution is 7.88. The minimum atomic E-state index is -5.67. The summed E-state index contributed by atoms with van der Waals surface area (Å²) in [6, 6.07) is 3.08. The Labute approximate surface area is 127 Å². The summed E-state index contributed by atoms with van der Waals surface area (Å²) in [5, 5.41) is 0. The van der Waals surface area contributed by atoms with Crippen molar-refractivity contribution in [2.45, 2.75) is 45.0 Å². The maximum absolute atomic E-state index is 12.5. The van der Waals surface area contributed by atoms with Crippen molar-refractivity contribution < 1.29 is 25.8 Å². The Kier molecular flexibility index (Phi) is 3.84. The monoisotopic (exact) mass is 334 g/mol. The van der Waals surface area contributed by atoms with Crippen molar-refractivity contribution in [3.63, 3.8) is 0 Å². The molecule has 0 saturated carbocycles. The van der Waals surface area contributed by atoms with Gasteiger partial charge in [0.05, 0.1) is 0 Å². The molecule has 0 unspecified atom stereocenters. The van der Waals surface area contributed by atoms with Crippen LogP contribution in [0.15, 0.2) is 18.2 Å². The first-order chi connectivity index (χ1) is 9.85. The standard InChI is InChI=1S/C15H17F3O3S/c1-9-5-6-14(3,4)12-7-10(2)13(8-11(9)12)21-22(19,20)15(16,17)18/h5,7-8H,6H2,1-4H3. The Bertz CT molecular complexity index is 744. The van der Waals surface area contributed by atoms with Gasteiger partial charge in [-0.2, -0.15) is 21.6 Å². The lowest BCUT2D eigenvalue weighted by molar-refractivity contribution is -0.0500. The molecule has 0 N–H and O–H groups in total. The molecule has 3 nitrogen and oxygen atoms in total. The number of benzene rings is 1. The zero-order valence-electron chi connectivity index (χ0n) is 12.7. The zero-order chi connectivity index (χ0) is 16.9. The van der Waals surface area contributed by atoms with Gasteiger partial charge in [0.25, 0.3) is 0 Å². The van der Waals surface area contributed by atoms with Crippen LogP contribution in [0.4, 0.5) is 13.2 Å². The van der Waals surface area contributed by atoms with E-state index in [2.05, 4.69) is 4.18 Å². The normalized spacial score (nSPS) is 17.7. The fourth-order valence-corrected chi connectivity index (χ4v) is 2.97. The van der Waals surface area contributed by atoms with E-state index >= 15 is 0 Å². The van der Waals surface area contributed by atoms with Gasteiger partial charge in [0.1, 0.15) is 5.75 Å². The molecule has 0 saturated heterocycles. The van der Waals surface area contributed by atoms with E-state index in [1.54, 1.807) is 6.07 Å². The van der Waals surface area contributed by atoms with Gasteiger partial charge in [-0.15, -0.1) is 0 Å². The molecule has 0 amide bonds. The first-order valence-corrected chi connectivity index (χ1v) is 8.09. The number of rotatable bonds is 2. The molecular weight excluding hydrogens is 317 g/mol. The van der Waals surface area contributed by atoms with E-state index in [1.165, 1.54) is 13.0 Å². The Morgan fingerprint density at radius 3 is 2.32 bits per heavy atom. The van der Waals surface area contributed by atoms with Crippen LogP contribution in [-0.4, -0.2) is 13.9 Å². The lowest BCUT2D eigenvalue weighted by atomic mass is 9.73. The quantitative estimate of drug-likeness (QED) is 0.598. The van der Waals surface area contributed by atoms with Crippen LogP contribution in [-0.2, 0) is 15.5 Å². The van der Waals surface area contributed by atoms with Crippen molar-refractivity contribution in [2.75, 3.05) is 0 Å². The van der Waals surface area contributed by atoms with E-state index in [4.69, 9.17) is 0 Å². The SMILES string of the molecule is CC1=CCC(C)(C)c2cc(C)c(OS(=O)(=O)C(F)(F)F)cc21. The highest BCUT2D eigenvalue weighted by Gasteiger charge is 2.48. The van der Waals surface area contributed by atoms with Gasteiger partial charge in [-0.25, -0.2) is 0 Å². The minimum absolute atomic E-state index is 0.166. The second-order valence-electron chi connectivity index (χ2n) is 6.12. The topological polar surface area (TPSA) is 43.4 Å². The third-order valence-corrected chi connectivity index (χ3v) is 4.84. The van der Waals surface area contributed by atoms with Crippen LogP contribution in [0.1, 0.15) is 43.9 Å². The van der Waals surface area contributed by atoms with Crippen LogP contribution in [0.25, 0.3) is 5.57 Å². The highest BCUT2D eigenvalue weighted by Crippen LogP contribution is 2.42. The van der Waals surface area contributed by atoms with Gasteiger partial charge < -0.3 is 4.18 Å². The summed E-state index contributed by atoms with van der Waals surface area (Å²) < 4.78 is 64.1. The summed E-state index contributed by atoms with van der Waals surface area (Å²) in [5.41, 5.74) is -2.67. The number of fused-ring (bicyclic) bond motifs is 1. The molecule has 0 aliphatic heterocycles. The molecule has 1 aliphatic carbocycles. The van der Waals surface area contributed by atoms with Gasteiger partial charge in [0.15, 0.2) is 0 Å². The largest absolute Gasteiger partial charge is 0.534 e. The van der Waals surface area contributed by atoms with E-state index in [1.807, 2.05) is 26.8 Å². The molecule has 1 aromatic carbocycles. The van der Waals surface area contributed by atoms with Crippen molar-refractivity contribution in [1.82, 2.24) is 0 Å². The minimum Gasteiger partial charge on any atom is -0.376 e. The van der Waals surface area contributed by atoms with E-state index in [9.17, 15) is 21.6 Å². The Morgan fingerprint density at radius 1 is 1.18 bits per heavy atom. The number of alkyl halides is 3. The Hall–Kier alpha value is -1.50. The third kappa shape index (κ3) is 2.86. The summed E-state index contributed by atoms with van der Waals surface area (Å²) in [6.07, 6.45) is 2.80. The van der Waals surface area contributed by atoms with E-state index < -0.39 is 15.6 Å². The zero-order valence-corrected chi connectivity index (χ0v) is 13.5. The van der Waals surface area contributed by atoms with Crippen molar-refractivity contribution in [1.29, 1.82) is 0 Å². The first-order valence-electron chi connectivity index (χ1n) is 6.68. The molecule has 0 radical (unpaired) electrons. The molecule has 7 heteroatoms. The first kappa shape index (κ1) is 16.9. The van der Waals surface area contributed by atoms with Crippen molar-refractivity contribution >= 4 is 15.7 Å². The molecule has 0 aromatic heterocycles. The van der Waals surface area contributed by atoms with Crippen molar-refractivity contribution in [3.8, 4) is 5.75 Å². The predicted molar refractivity (Wildman–Crippen MR) is 78.1 cm³/mol. The molecule has 0 bridgehead atoms. The number of allylic oxidation sites excluding steroid dienone is 2. The maximum atomic E-state index is 12.5. The smallest absolute Gasteiger partial charge is 0.376 e. The van der Waals surface area contributed by atoms with Gasteiger partial charge in [-0.1, -0.05) is 26.0 Å². The fraction of sp³-hybridized carbons (Fsp3) is 0.467. The van der Waals surface area contributed by atoms with Gasteiger partial charge in [-0.05, 0) is 54.0 Å². The molecule has 2 rings (SSSR count). The fourth-order valence-electron chi connectivity index (χ4n) is 2.46. The average Bonchev–Trinajstić information content (AvgIpc) is 2.35. The van der Waals surface area contributed by atoms with Gasteiger partial charge in [-0.3, -0.25) is 0 Å². The van der Waals surface area contributed by atoms with Gasteiger partial charge in [0, 0.05) is 0 Å². The number of aryl methyl sites for hydroxylation is 1. The van der Waals surface area contributed by atoms with Crippen LogP contribution in [0.5, 0.6) is 5.75 Å². The third-order valence-electron chi connectivity index (χ3n) is 3.87. The van der Waals surface area contributed by atoms with Crippen LogP contribution in [0, 0.1) is 6.92 Å². The summed E-state index contributed by atoms with van der Waals surface area (Å²) >= 11 is 0. The molecular formula is C15H17F3O3S. The molecule has 0 fully saturated rings. The van der Waals surface area contributed by atoms with Gasteiger partial charge in [0.2, 0.25) is 0 Å². The summed E-state index contributed by atoms with van der Waals surface area (Å²) in [5.74, 6) is -0.290. The van der Waals surface area contributed by atoms with Crippen LogP contribution >= 0.6 is 0 Å². The molecule has 0 spiro atoms. The number of halogens is 3. The predicted octanol–water partition coefficient (Wildman–Crippen LogP) is 4.31. The lowest BCUT2D eigenvalue weighted by Gasteiger charge is -2.32. The van der Waals surface area contributed by atoms with Crippen LogP contribution in [0.2, 0.25) is 0 Å². The molecule has 22 heavy (non-hydrogen) atoms.